The van der Waals surface area contributed by atoms with Gasteiger partial charge in [-0.25, -0.2) is 4.79 Å². The lowest BCUT2D eigenvalue weighted by Crippen LogP contribution is -2.44. The van der Waals surface area contributed by atoms with Crippen molar-refractivity contribution in [2.45, 2.75) is 25.4 Å². The van der Waals surface area contributed by atoms with E-state index < -0.39 is 23.4 Å². The molecule has 1 aliphatic rings. The van der Waals surface area contributed by atoms with E-state index in [-0.39, 0.29) is 13.1 Å². The number of methoxy groups -OCH3 is 2. The molecule has 8 heteroatoms. The summed E-state index contributed by atoms with van der Waals surface area (Å²) < 4.78 is 10.4. The number of nitrogens with one attached hydrogen (secondary N) is 2. The number of hydrogen-bond donors (Lipinski definition) is 2. The number of nitrogens with zero attached hydrogens (tertiary/aromatic N) is 1. The van der Waals surface area contributed by atoms with Crippen LogP contribution in [0.3, 0.4) is 0 Å². The highest BCUT2D eigenvalue weighted by Gasteiger charge is 2.51. The van der Waals surface area contributed by atoms with Gasteiger partial charge in [-0.2, -0.15) is 0 Å². The molecule has 158 valence electrons. The van der Waals surface area contributed by atoms with Crippen molar-refractivity contribution in [3.8, 4) is 11.5 Å². The minimum atomic E-state index is -1.15. The summed E-state index contributed by atoms with van der Waals surface area (Å²) in [4.78, 5) is 38.9. The number of hydrogen-bond acceptors (Lipinski definition) is 5. The van der Waals surface area contributed by atoms with E-state index in [1.807, 2.05) is 25.1 Å². The van der Waals surface area contributed by atoms with Gasteiger partial charge in [0.15, 0.2) is 11.5 Å². The Morgan fingerprint density at radius 2 is 1.77 bits per heavy atom. The Balaban J connectivity index is 1.67. The van der Waals surface area contributed by atoms with Crippen LogP contribution in [0.1, 0.15) is 24.5 Å². The number of urea groups is 1. The maximum atomic E-state index is 13.1. The van der Waals surface area contributed by atoms with Crippen molar-refractivity contribution in [2.24, 2.45) is 0 Å². The highest BCUT2D eigenvalue weighted by Crippen LogP contribution is 2.32. The quantitative estimate of drug-likeness (QED) is 0.649. The standard InChI is InChI=1S/C22H25N3O5/c1-4-22(16-8-6-5-7-9-16)20(27)25(21(28)24-22)14-19(26)23-13-15-10-11-17(29-2)18(12-15)30-3/h5-12H,4,13-14H2,1-3H3,(H,23,26)(H,24,28)/t22-/m1/s1. The molecule has 0 saturated carbocycles. The van der Waals surface area contributed by atoms with Gasteiger partial charge in [-0.3, -0.25) is 14.5 Å². The molecule has 0 spiro atoms. The molecule has 0 aromatic heterocycles. The van der Waals surface area contributed by atoms with Crippen LogP contribution in [0.25, 0.3) is 0 Å². The smallest absolute Gasteiger partial charge is 0.325 e. The van der Waals surface area contributed by atoms with Crippen molar-refractivity contribution in [1.82, 2.24) is 15.5 Å². The lowest BCUT2D eigenvalue weighted by molar-refractivity contribution is -0.135. The van der Waals surface area contributed by atoms with Gasteiger partial charge in [-0.1, -0.05) is 43.3 Å². The van der Waals surface area contributed by atoms with Crippen LogP contribution in [0.5, 0.6) is 11.5 Å². The minimum Gasteiger partial charge on any atom is -0.493 e. The molecule has 1 fully saturated rings. The molecule has 1 atom stereocenters. The van der Waals surface area contributed by atoms with Gasteiger partial charge >= 0.3 is 6.03 Å². The monoisotopic (exact) mass is 411 g/mol. The molecule has 0 unspecified atom stereocenters. The summed E-state index contributed by atoms with van der Waals surface area (Å²) in [5, 5.41) is 5.50. The SMILES string of the molecule is CC[C@]1(c2ccccc2)NC(=O)N(CC(=O)NCc2ccc(OC)c(OC)c2)C1=O. The number of carbonyl (C=O) groups excluding carboxylic acids is 3. The maximum absolute atomic E-state index is 13.1. The highest BCUT2D eigenvalue weighted by molar-refractivity contribution is 6.09. The molecule has 8 nitrogen and oxygen atoms in total. The Morgan fingerprint density at radius 1 is 1.07 bits per heavy atom. The zero-order valence-corrected chi connectivity index (χ0v) is 17.2. The van der Waals surface area contributed by atoms with Gasteiger partial charge in [0.05, 0.1) is 14.2 Å². The highest BCUT2D eigenvalue weighted by atomic mass is 16.5. The third kappa shape index (κ3) is 3.94. The number of benzene rings is 2. The fourth-order valence-corrected chi connectivity index (χ4v) is 3.52. The molecule has 1 aliphatic heterocycles. The Kier molecular flexibility index (Phi) is 6.25. The molecule has 1 saturated heterocycles. The molecule has 2 aromatic carbocycles. The topological polar surface area (TPSA) is 97.0 Å². The van der Waals surface area contributed by atoms with Gasteiger partial charge in [0.1, 0.15) is 12.1 Å². The van der Waals surface area contributed by atoms with Gasteiger partial charge < -0.3 is 20.1 Å². The molecule has 1 heterocycles. The van der Waals surface area contributed by atoms with Crippen molar-refractivity contribution >= 4 is 17.8 Å². The average molecular weight is 411 g/mol. The van der Waals surface area contributed by atoms with Crippen molar-refractivity contribution in [1.29, 1.82) is 0 Å². The van der Waals surface area contributed by atoms with E-state index in [0.29, 0.717) is 23.5 Å². The summed E-state index contributed by atoms with van der Waals surface area (Å²) in [7, 11) is 3.08. The molecule has 0 aliphatic carbocycles. The van der Waals surface area contributed by atoms with E-state index in [2.05, 4.69) is 10.6 Å². The minimum absolute atomic E-state index is 0.223. The van der Waals surface area contributed by atoms with Crippen LogP contribution in [0.15, 0.2) is 48.5 Å². The summed E-state index contributed by atoms with van der Waals surface area (Å²) in [6, 6.07) is 13.8. The van der Waals surface area contributed by atoms with Gasteiger partial charge in [-0.15, -0.1) is 0 Å². The third-order valence-corrected chi connectivity index (χ3v) is 5.21. The van der Waals surface area contributed by atoms with E-state index in [1.165, 1.54) is 7.11 Å². The second kappa shape index (κ2) is 8.86. The van der Waals surface area contributed by atoms with Crippen LogP contribution < -0.4 is 20.1 Å². The average Bonchev–Trinajstić information content (AvgIpc) is 3.03. The summed E-state index contributed by atoms with van der Waals surface area (Å²) in [5.74, 6) is 0.272. The molecule has 30 heavy (non-hydrogen) atoms. The second-order valence-electron chi connectivity index (χ2n) is 6.91. The number of imide groups is 1. The van der Waals surface area contributed by atoms with Crippen molar-refractivity contribution in [3.63, 3.8) is 0 Å². The van der Waals surface area contributed by atoms with Crippen molar-refractivity contribution in [2.75, 3.05) is 20.8 Å². The van der Waals surface area contributed by atoms with E-state index >= 15 is 0 Å². The molecule has 0 radical (unpaired) electrons. The summed E-state index contributed by atoms with van der Waals surface area (Å²) in [6.45, 7) is 1.69. The van der Waals surface area contributed by atoms with Crippen LogP contribution in [-0.4, -0.2) is 43.5 Å². The number of rotatable bonds is 8. The fourth-order valence-electron chi connectivity index (χ4n) is 3.52. The Morgan fingerprint density at radius 3 is 2.40 bits per heavy atom. The van der Waals surface area contributed by atoms with Crippen LogP contribution in [0.2, 0.25) is 0 Å². The summed E-state index contributed by atoms with van der Waals surface area (Å²) >= 11 is 0. The molecule has 0 bridgehead atoms. The largest absolute Gasteiger partial charge is 0.493 e. The van der Waals surface area contributed by atoms with Crippen LogP contribution >= 0.6 is 0 Å². The molecule has 2 aromatic rings. The van der Waals surface area contributed by atoms with Crippen LogP contribution in [0, 0.1) is 0 Å². The molecule has 3 rings (SSSR count). The van der Waals surface area contributed by atoms with Gasteiger partial charge in [0, 0.05) is 6.54 Å². The van der Waals surface area contributed by atoms with E-state index in [4.69, 9.17) is 9.47 Å². The first-order valence-corrected chi connectivity index (χ1v) is 9.62. The summed E-state index contributed by atoms with van der Waals surface area (Å²) in [6.07, 6.45) is 0.380. The second-order valence-corrected chi connectivity index (χ2v) is 6.91. The first-order valence-electron chi connectivity index (χ1n) is 9.62. The van der Waals surface area contributed by atoms with Gasteiger partial charge in [-0.05, 0) is 29.7 Å². The predicted octanol–water partition coefficient (Wildman–Crippen LogP) is 2.18. The number of ether oxygens (including phenoxy) is 2. The van der Waals surface area contributed by atoms with E-state index in [9.17, 15) is 14.4 Å². The summed E-state index contributed by atoms with van der Waals surface area (Å²) in [5.41, 5.74) is 0.339. The Hall–Kier alpha value is -3.55. The Labute approximate surface area is 175 Å². The van der Waals surface area contributed by atoms with E-state index in [0.717, 1.165) is 10.5 Å². The van der Waals surface area contributed by atoms with Crippen LogP contribution in [-0.2, 0) is 21.7 Å². The zero-order valence-electron chi connectivity index (χ0n) is 17.2. The van der Waals surface area contributed by atoms with Crippen LogP contribution in [0.4, 0.5) is 4.79 Å². The third-order valence-electron chi connectivity index (χ3n) is 5.21. The number of carbonyl (C=O) groups is 3. The van der Waals surface area contributed by atoms with Gasteiger partial charge in [0.25, 0.3) is 5.91 Å². The van der Waals surface area contributed by atoms with Gasteiger partial charge in [0.2, 0.25) is 5.91 Å². The van der Waals surface area contributed by atoms with Crippen molar-refractivity contribution < 1.29 is 23.9 Å². The number of amides is 4. The zero-order chi connectivity index (χ0) is 21.7. The lowest BCUT2D eigenvalue weighted by atomic mass is 9.87. The molecular formula is C22H25N3O5. The fraction of sp³-hybridized carbons (Fsp3) is 0.318. The maximum Gasteiger partial charge on any atom is 0.325 e. The molecular weight excluding hydrogens is 386 g/mol. The molecule has 2 N–H and O–H groups in total. The predicted molar refractivity (Wildman–Crippen MR) is 110 cm³/mol. The normalized spacial score (nSPS) is 18.2. The van der Waals surface area contributed by atoms with Crippen molar-refractivity contribution in [3.05, 3.63) is 59.7 Å². The first-order chi connectivity index (χ1) is 14.4. The Bertz CT molecular complexity index is 947. The lowest BCUT2D eigenvalue weighted by Gasteiger charge is -2.25. The first kappa shape index (κ1) is 21.2. The molecule has 4 amide bonds. The van der Waals surface area contributed by atoms with E-state index in [1.54, 1.807) is 37.4 Å².